The van der Waals surface area contributed by atoms with Gasteiger partial charge in [0.2, 0.25) is 0 Å². The van der Waals surface area contributed by atoms with Crippen molar-refractivity contribution in [1.29, 1.82) is 15.8 Å². The Hall–Kier alpha value is -11.5. The minimum atomic E-state index is -4.66. The highest BCUT2D eigenvalue weighted by molar-refractivity contribution is 6.17. The van der Waals surface area contributed by atoms with Gasteiger partial charge in [-0.25, -0.2) is 0 Å². The van der Waals surface area contributed by atoms with Crippen LogP contribution in [-0.4, -0.2) is 9.13 Å². The second kappa shape index (κ2) is 20.6. The van der Waals surface area contributed by atoms with Crippen LogP contribution in [0.5, 0.6) is 0 Å². The number of hydrogen-bond donors (Lipinski definition) is 0. The van der Waals surface area contributed by atoms with Crippen molar-refractivity contribution in [2.45, 2.75) is 6.18 Å². The van der Waals surface area contributed by atoms with Gasteiger partial charge in [0, 0.05) is 38.2 Å². The Morgan fingerprint density at radius 1 is 0.274 bits per heavy atom. The zero-order chi connectivity index (χ0) is 57.1. The summed E-state index contributed by atoms with van der Waals surface area (Å²) in [7, 11) is 0. The predicted octanol–water partition coefficient (Wildman–Crippen LogP) is 20.2. The number of nitrogens with zero attached hydrogens (tertiary/aromatic N) is 5. The van der Waals surface area contributed by atoms with Gasteiger partial charge in [0.05, 0.1) is 67.8 Å². The average molecular weight is 1080 g/mol. The van der Waals surface area contributed by atoms with Crippen molar-refractivity contribution in [3.63, 3.8) is 0 Å². The van der Waals surface area contributed by atoms with Crippen LogP contribution >= 0.6 is 0 Å². The Morgan fingerprint density at radius 3 is 0.821 bits per heavy atom. The maximum absolute atomic E-state index is 14.9. The van der Waals surface area contributed by atoms with Gasteiger partial charge in [-0.2, -0.15) is 29.0 Å². The summed E-state index contributed by atoms with van der Waals surface area (Å²) in [5.41, 5.74) is 15.5. The molecule has 0 unspecified atom stereocenters. The van der Waals surface area contributed by atoms with Crippen LogP contribution in [0.4, 0.5) is 13.2 Å². The van der Waals surface area contributed by atoms with Gasteiger partial charge >= 0.3 is 6.18 Å². The number of alkyl halides is 3. The molecule has 12 aromatic carbocycles. The zero-order valence-electron chi connectivity index (χ0n) is 44.8. The summed E-state index contributed by atoms with van der Waals surface area (Å²) in [6, 6.07) is 92.9. The number of halogens is 3. The van der Waals surface area contributed by atoms with Crippen LogP contribution < -0.4 is 0 Å². The van der Waals surface area contributed by atoms with Gasteiger partial charge in [0.25, 0.3) is 0 Å². The van der Waals surface area contributed by atoms with Gasteiger partial charge in [0.1, 0.15) is 6.07 Å². The third kappa shape index (κ3) is 8.64. The Kier molecular flexibility index (Phi) is 12.4. The summed E-state index contributed by atoms with van der Waals surface area (Å²) in [4.78, 5) is 0. The van der Waals surface area contributed by atoms with E-state index < -0.39 is 11.7 Å². The normalized spacial score (nSPS) is 11.5. The Morgan fingerprint density at radius 2 is 0.548 bits per heavy atom. The lowest BCUT2D eigenvalue weighted by Gasteiger charge is -2.28. The molecule has 84 heavy (non-hydrogen) atoms. The first-order chi connectivity index (χ1) is 41.2. The van der Waals surface area contributed by atoms with Crippen LogP contribution in [-0.2, 0) is 6.18 Å². The first kappa shape index (κ1) is 50.7. The molecule has 0 radical (unpaired) electrons. The fourth-order valence-corrected chi connectivity index (χ4v) is 12.1. The Bertz CT molecular complexity index is 4550. The molecule has 0 aliphatic heterocycles. The number of benzene rings is 12. The molecule has 2 aromatic heterocycles. The SMILES string of the molecule is N#Cc1ccc(-c2c(C#N)c(-c3ccc(C#N)cc3)c(-n3c4ccc(-c5ccccc5)cc4c4cc(-c5ccccc5)ccc43)c(-c3ccc(C(F)(F)F)cc3)c2-n2c3ccc(-c4ccccc4)cc3c3cc(-c4ccccc4)ccc32)cc1. The molecule has 0 spiro atoms. The van der Waals surface area contributed by atoms with Crippen molar-refractivity contribution in [3.8, 4) is 107 Å². The van der Waals surface area contributed by atoms with Crippen molar-refractivity contribution in [2.75, 3.05) is 0 Å². The summed E-state index contributed by atoms with van der Waals surface area (Å²) in [5.74, 6) is 0. The summed E-state index contributed by atoms with van der Waals surface area (Å²) in [5, 5.41) is 36.4. The smallest absolute Gasteiger partial charge is 0.308 e. The fourth-order valence-electron chi connectivity index (χ4n) is 12.1. The molecule has 14 aromatic rings. The molecule has 0 atom stereocenters. The highest BCUT2D eigenvalue weighted by atomic mass is 19.4. The summed E-state index contributed by atoms with van der Waals surface area (Å²) < 4.78 is 49.2. The van der Waals surface area contributed by atoms with Crippen LogP contribution in [0.25, 0.3) is 133 Å². The molecule has 2 heterocycles. The minimum Gasteiger partial charge on any atom is -0.308 e. The summed E-state index contributed by atoms with van der Waals surface area (Å²) >= 11 is 0. The van der Waals surface area contributed by atoms with E-state index in [9.17, 15) is 29.0 Å². The largest absolute Gasteiger partial charge is 0.416 e. The highest BCUT2D eigenvalue weighted by Gasteiger charge is 2.34. The van der Waals surface area contributed by atoms with E-state index in [4.69, 9.17) is 0 Å². The molecule has 0 amide bonds. The van der Waals surface area contributed by atoms with Gasteiger partial charge in [-0.3, -0.25) is 0 Å². The lowest BCUT2D eigenvalue weighted by atomic mass is 9.83. The van der Waals surface area contributed by atoms with E-state index in [1.54, 1.807) is 24.3 Å². The van der Waals surface area contributed by atoms with E-state index in [0.29, 0.717) is 55.9 Å². The second-order valence-corrected chi connectivity index (χ2v) is 20.8. The zero-order valence-corrected chi connectivity index (χ0v) is 44.8. The molecule has 0 bridgehead atoms. The molecule has 0 aliphatic carbocycles. The van der Waals surface area contributed by atoms with Gasteiger partial charge in [-0.05, 0) is 146 Å². The topological polar surface area (TPSA) is 81.2 Å². The predicted molar refractivity (Wildman–Crippen MR) is 332 cm³/mol. The molecule has 8 heteroatoms. The van der Waals surface area contributed by atoms with Gasteiger partial charge < -0.3 is 9.13 Å². The number of nitriles is 3. The Labute approximate surface area is 482 Å². The van der Waals surface area contributed by atoms with E-state index in [0.717, 1.165) is 100 Å². The van der Waals surface area contributed by atoms with Gasteiger partial charge in [-0.1, -0.05) is 182 Å². The quantitative estimate of drug-likeness (QED) is 0.144. The maximum Gasteiger partial charge on any atom is 0.416 e. The molecule has 0 N–H and O–H groups in total. The van der Waals surface area contributed by atoms with E-state index in [-0.39, 0.29) is 5.56 Å². The summed E-state index contributed by atoms with van der Waals surface area (Å²) in [6.45, 7) is 0. The van der Waals surface area contributed by atoms with Crippen LogP contribution in [0.1, 0.15) is 22.3 Å². The molecule has 14 rings (SSSR count). The van der Waals surface area contributed by atoms with Crippen LogP contribution in [0, 0.1) is 34.0 Å². The number of fused-ring (bicyclic) bond motifs is 6. The molecule has 0 aliphatic rings. The van der Waals surface area contributed by atoms with Crippen molar-refractivity contribution in [3.05, 3.63) is 289 Å². The average Bonchev–Trinajstić information content (AvgIpc) is 2.02. The van der Waals surface area contributed by atoms with Crippen molar-refractivity contribution in [2.24, 2.45) is 0 Å². The monoisotopic (exact) mass is 1080 g/mol. The summed E-state index contributed by atoms with van der Waals surface area (Å²) in [6.07, 6.45) is -4.66. The van der Waals surface area contributed by atoms with Crippen molar-refractivity contribution in [1.82, 2.24) is 9.13 Å². The van der Waals surface area contributed by atoms with Gasteiger partial charge in [0.15, 0.2) is 0 Å². The molecule has 0 fully saturated rings. The van der Waals surface area contributed by atoms with Crippen LogP contribution in [0.15, 0.2) is 267 Å². The molecule has 394 valence electrons. The van der Waals surface area contributed by atoms with E-state index in [1.807, 2.05) is 97.1 Å². The highest BCUT2D eigenvalue weighted by Crippen LogP contribution is 2.53. The van der Waals surface area contributed by atoms with Crippen LogP contribution in [0.2, 0.25) is 0 Å². The maximum atomic E-state index is 14.9. The van der Waals surface area contributed by atoms with Crippen LogP contribution in [0.3, 0.4) is 0 Å². The third-order valence-electron chi connectivity index (χ3n) is 16.1. The second-order valence-electron chi connectivity index (χ2n) is 20.8. The van der Waals surface area contributed by atoms with Crippen molar-refractivity contribution < 1.29 is 13.2 Å². The van der Waals surface area contributed by atoms with E-state index in [2.05, 4.69) is 149 Å². The Balaban J connectivity index is 1.23. The molecular weight excluding hydrogens is 1040 g/mol. The number of rotatable bonds is 9. The minimum absolute atomic E-state index is 0.263. The lowest BCUT2D eigenvalue weighted by molar-refractivity contribution is -0.137. The first-order valence-electron chi connectivity index (χ1n) is 27.4. The molecular formula is C76H44F3N5. The molecule has 0 saturated heterocycles. The number of aromatic nitrogens is 2. The first-order valence-corrected chi connectivity index (χ1v) is 27.4. The molecule has 5 nitrogen and oxygen atoms in total. The fraction of sp³-hybridized carbons (Fsp3) is 0.0132. The lowest BCUT2D eigenvalue weighted by Crippen LogP contribution is -2.11. The number of hydrogen-bond acceptors (Lipinski definition) is 3. The standard InChI is InChI=1S/C76H44F3N5/c77-76(78,79)61-35-29-56(30-36-61)73-74(83-67-37-31-57(50-13-5-1-6-14-50)41-62(67)63-42-58(32-38-68(63)83)51-15-7-2-8-16-51)71(54-25-21-48(45-80)22-26-54)66(47-82)72(55-27-23-49(46-81)24-28-55)75(73)84-69-39-33-59(52-17-9-3-10-18-52)43-64(69)65-44-60(34-40-70(65)84)53-19-11-4-12-20-53/h1-44H. The molecule has 0 saturated carbocycles. The van der Waals surface area contributed by atoms with Gasteiger partial charge in [-0.15, -0.1) is 0 Å². The van der Waals surface area contributed by atoms with Crippen molar-refractivity contribution >= 4 is 43.6 Å². The third-order valence-corrected chi connectivity index (χ3v) is 16.1. The van der Waals surface area contributed by atoms with E-state index in [1.165, 1.54) is 12.1 Å². The van der Waals surface area contributed by atoms with E-state index >= 15 is 0 Å².